The molecule has 1 atom stereocenters. The SMILES string of the molecule is Cc1cccc(N2C[C@@H](c3nc4ccccc4n3CC(C)C)CC2=O)c1C. The van der Waals surface area contributed by atoms with Gasteiger partial charge in [-0.05, 0) is 49.1 Å². The Morgan fingerprint density at radius 3 is 2.67 bits per heavy atom. The number of hydrogen-bond acceptors (Lipinski definition) is 2. The van der Waals surface area contributed by atoms with Gasteiger partial charge < -0.3 is 9.47 Å². The number of benzene rings is 2. The van der Waals surface area contributed by atoms with Crippen LogP contribution >= 0.6 is 0 Å². The fourth-order valence-corrected chi connectivity index (χ4v) is 4.10. The highest BCUT2D eigenvalue weighted by atomic mass is 16.2. The minimum Gasteiger partial charge on any atom is -0.327 e. The van der Waals surface area contributed by atoms with Crippen LogP contribution in [0.15, 0.2) is 42.5 Å². The Balaban J connectivity index is 1.73. The van der Waals surface area contributed by atoms with Crippen LogP contribution in [0, 0.1) is 19.8 Å². The number of fused-ring (bicyclic) bond motifs is 1. The lowest BCUT2D eigenvalue weighted by Gasteiger charge is -2.20. The van der Waals surface area contributed by atoms with E-state index in [1.165, 1.54) is 16.6 Å². The second-order valence-corrected chi connectivity index (χ2v) is 8.09. The maximum absolute atomic E-state index is 12.9. The molecule has 3 aromatic rings. The van der Waals surface area contributed by atoms with Crippen molar-refractivity contribution in [2.45, 2.75) is 46.6 Å². The third-order valence-electron chi connectivity index (χ3n) is 5.59. The van der Waals surface area contributed by atoms with Crippen molar-refractivity contribution in [3.8, 4) is 0 Å². The van der Waals surface area contributed by atoms with Crippen molar-refractivity contribution in [3.63, 3.8) is 0 Å². The average Bonchev–Trinajstić information content (AvgIpc) is 3.18. The molecule has 4 nitrogen and oxygen atoms in total. The van der Waals surface area contributed by atoms with E-state index in [1.54, 1.807) is 0 Å². The summed E-state index contributed by atoms with van der Waals surface area (Å²) in [6.07, 6.45) is 0.523. The monoisotopic (exact) mass is 361 g/mol. The fraction of sp³-hybridized carbons (Fsp3) is 0.391. The van der Waals surface area contributed by atoms with Crippen LogP contribution in [-0.2, 0) is 11.3 Å². The second-order valence-electron chi connectivity index (χ2n) is 8.09. The normalized spacial score (nSPS) is 17.4. The van der Waals surface area contributed by atoms with Gasteiger partial charge in [0.2, 0.25) is 5.91 Å². The Morgan fingerprint density at radius 2 is 1.89 bits per heavy atom. The lowest BCUT2D eigenvalue weighted by Crippen LogP contribution is -2.25. The number of nitrogens with zero attached hydrogens (tertiary/aromatic N) is 3. The quantitative estimate of drug-likeness (QED) is 0.667. The van der Waals surface area contributed by atoms with Crippen molar-refractivity contribution < 1.29 is 4.79 Å². The number of amides is 1. The molecule has 0 spiro atoms. The summed E-state index contributed by atoms with van der Waals surface area (Å²) in [6.45, 7) is 10.3. The van der Waals surface area contributed by atoms with Crippen LogP contribution in [0.25, 0.3) is 11.0 Å². The van der Waals surface area contributed by atoms with Gasteiger partial charge in [-0.15, -0.1) is 0 Å². The molecule has 1 saturated heterocycles. The van der Waals surface area contributed by atoms with E-state index in [0.29, 0.717) is 18.9 Å². The van der Waals surface area contributed by atoms with Crippen molar-refractivity contribution in [3.05, 3.63) is 59.4 Å². The molecule has 0 saturated carbocycles. The number of para-hydroxylation sites is 2. The van der Waals surface area contributed by atoms with E-state index in [0.717, 1.165) is 23.6 Å². The summed E-state index contributed by atoms with van der Waals surface area (Å²) in [5.74, 6) is 1.89. The standard InChI is InChI=1S/C23H27N3O/c1-15(2)13-26-21-10-6-5-9-19(21)24-23(26)18-12-22(27)25(14-18)20-11-7-8-16(3)17(20)4/h5-11,15,18H,12-14H2,1-4H3/t18-/m0/s1. The molecule has 1 aliphatic rings. The summed E-state index contributed by atoms with van der Waals surface area (Å²) >= 11 is 0. The maximum atomic E-state index is 12.9. The number of carbonyl (C=O) groups excluding carboxylic acids is 1. The molecule has 1 fully saturated rings. The van der Waals surface area contributed by atoms with Gasteiger partial charge in [0, 0.05) is 31.1 Å². The molecule has 0 aliphatic carbocycles. The molecule has 1 amide bonds. The van der Waals surface area contributed by atoms with Gasteiger partial charge in [0.25, 0.3) is 0 Å². The number of aromatic nitrogens is 2. The first kappa shape index (κ1) is 17.8. The molecular formula is C23H27N3O. The minimum atomic E-state index is 0.128. The molecule has 27 heavy (non-hydrogen) atoms. The van der Waals surface area contributed by atoms with Gasteiger partial charge in [-0.1, -0.05) is 38.1 Å². The Bertz CT molecular complexity index is 1000. The molecule has 1 aromatic heterocycles. The zero-order chi connectivity index (χ0) is 19.1. The molecule has 0 radical (unpaired) electrons. The van der Waals surface area contributed by atoms with Crippen molar-refractivity contribution >= 4 is 22.6 Å². The maximum Gasteiger partial charge on any atom is 0.227 e. The zero-order valence-electron chi connectivity index (χ0n) is 16.6. The van der Waals surface area contributed by atoms with Crippen LogP contribution < -0.4 is 4.90 Å². The number of carbonyl (C=O) groups is 1. The highest BCUT2D eigenvalue weighted by Crippen LogP contribution is 2.35. The predicted molar refractivity (Wildman–Crippen MR) is 110 cm³/mol. The summed E-state index contributed by atoms with van der Waals surface area (Å²) in [5.41, 5.74) is 5.62. The van der Waals surface area contributed by atoms with Gasteiger partial charge in [0.1, 0.15) is 5.82 Å². The number of rotatable bonds is 4. The molecule has 2 aromatic carbocycles. The first-order valence-electron chi connectivity index (χ1n) is 9.77. The summed E-state index contributed by atoms with van der Waals surface area (Å²) in [6, 6.07) is 14.5. The third kappa shape index (κ3) is 3.14. The van der Waals surface area contributed by atoms with Gasteiger partial charge in [0.05, 0.1) is 11.0 Å². The molecule has 0 N–H and O–H groups in total. The van der Waals surface area contributed by atoms with Crippen molar-refractivity contribution in [2.75, 3.05) is 11.4 Å². The van der Waals surface area contributed by atoms with Crippen molar-refractivity contribution in [1.82, 2.24) is 9.55 Å². The van der Waals surface area contributed by atoms with Crippen LogP contribution in [0.2, 0.25) is 0 Å². The highest BCUT2D eigenvalue weighted by Gasteiger charge is 2.35. The fourth-order valence-electron chi connectivity index (χ4n) is 4.10. The van der Waals surface area contributed by atoms with E-state index in [2.05, 4.69) is 62.6 Å². The Labute approximate surface area is 160 Å². The summed E-state index contributed by atoms with van der Waals surface area (Å²) in [5, 5.41) is 0. The lowest BCUT2D eigenvalue weighted by atomic mass is 10.1. The minimum absolute atomic E-state index is 0.128. The first-order chi connectivity index (χ1) is 13.0. The lowest BCUT2D eigenvalue weighted by molar-refractivity contribution is -0.117. The molecule has 1 aliphatic heterocycles. The Hall–Kier alpha value is -2.62. The van der Waals surface area contributed by atoms with Crippen LogP contribution in [0.5, 0.6) is 0 Å². The molecule has 0 bridgehead atoms. The van der Waals surface area contributed by atoms with Crippen molar-refractivity contribution in [1.29, 1.82) is 0 Å². The number of imidazole rings is 1. The van der Waals surface area contributed by atoms with Crippen molar-refractivity contribution in [2.24, 2.45) is 5.92 Å². The molecule has 2 heterocycles. The summed E-state index contributed by atoms with van der Waals surface area (Å²) < 4.78 is 2.32. The molecule has 0 unspecified atom stereocenters. The third-order valence-corrected chi connectivity index (χ3v) is 5.59. The van der Waals surface area contributed by atoms with E-state index in [9.17, 15) is 4.79 Å². The van der Waals surface area contributed by atoms with E-state index < -0.39 is 0 Å². The van der Waals surface area contributed by atoms with Gasteiger partial charge in [-0.2, -0.15) is 0 Å². The highest BCUT2D eigenvalue weighted by molar-refractivity contribution is 5.97. The smallest absolute Gasteiger partial charge is 0.227 e. The van der Waals surface area contributed by atoms with Gasteiger partial charge in [0.15, 0.2) is 0 Å². The second kappa shape index (κ2) is 6.84. The van der Waals surface area contributed by atoms with E-state index in [1.807, 2.05) is 17.0 Å². The number of aryl methyl sites for hydroxylation is 1. The van der Waals surface area contributed by atoms with Gasteiger partial charge >= 0.3 is 0 Å². The Morgan fingerprint density at radius 1 is 1.11 bits per heavy atom. The van der Waals surface area contributed by atoms with Crippen LogP contribution in [0.1, 0.15) is 43.1 Å². The molecule has 4 heteroatoms. The first-order valence-corrected chi connectivity index (χ1v) is 9.77. The van der Waals surface area contributed by atoms with Crippen LogP contribution in [0.3, 0.4) is 0 Å². The van der Waals surface area contributed by atoms with Gasteiger partial charge in [-0.25, -0.2) is 4.98 Å². The Kier molecular flexibility index (Phi) is 4.50. The topological polar surface area (TPSA) is 38.1 Å². The number of hydrogen-bond donors (Lipinski definition) is 0. The van der Waals surface area contributed by atoms with Crippen LogP contribution in [-0.4, -0.2) is 22.0 Å². The van der Waals surface area contributed by atoms with Crippen LogP contribution in [0.4, 0.5) is 5.69 Å². The van der Waals surface area contributed by atoms with E-state index >= 15 is 0 Å². The average molecular weight is 361 g/mol. The molecular weight excluding hydrogens is 334 g/mol. The molecule has 140 valence electrons. The largest absolute Gasteiger partial charge is 0.327 e. The number of anilines is 1. The predicted octanol–water partition coefficient (Wildman–Crippen LogP) is 4.83. The summed E-state index contributed by atoms with van der Waals surface area (Å²) in [4.78, 5) is 19.7. The van der Waals surface area contributed by atoms with Gasteiger partial charge in [-0.3, -0.25) is 4.79 Å². The zero-order valence-corrected chi connectivity index (χ0v) is 16.6. The van der Waals surface area contributed by atoms with E-state index in [-0.39, 0.29) is 11.8 Å². The van der Waals surface area contributed by atoms with E-state index in [4.69, 9.17) is 4.98 Å². The molecule has 4 rings (SSSR count). The summed E-state index contributed by atoms with van der Waals surface area (Å²) in [7, 11) is 0.